The largest absolute Gasteiger partial charge is 0.404 e. The SMILES string of the molecule is CC(NS(=O)(=O)c1ccc(-c2c(C#N)c3cc(F)cnc3n2-c2ncc(F)cn2)nc1)C(F)(F)F. The quantitative estimate of drug-likeness (QED) is 0.409. The number of nitrogens with one attached hydrogen (secondary N) is 1. The lowest BCUT2D eigenvalue weighted by molar-refractivity contribution is -0.147. The molecule has 0 aliphatic heterocycles. The van der Waals surface area contributed by atoms with E-state index in [1.54, 1.807) is 0 Å². The van der Waals surface area contributed by atoms with Crippen LogP contribution in [0.3, 0.4) is 0 Å². The van der Waals surface area contributed by atoms with E-state index < -0.39 is 38.8 Å². The summed E-state index contributed by atoms with van der Waals surface area (Å²) < 4.78 is 93.0. The van der Waals surface area contributed by atoms with Gasteiger partial charge in [0.1, 0.15) is 28.5 Å². The van der Waals surface area contributed by atoms with Crippen molar-refractivity contribution < 1.29 is 30.4 Å². The highest BCUT2D eigenvalue weighted by molar-refractivity contribution is 7.89. The number of pyridine rings is 2. The fourth-order valence-corrected chi connectivity index (χ4v) is 4.33. The highest BCUT2D eigenvalue weighted by Gasteiger charge is 2.39. The van der Waals surface area contributed by atoms with Crippen LogP contribution in [-0.4, -0.2) is 45.1 Å². The van der Waals surface area contributed by atoms with E-state index in [4.69, 9.17) is 0 Å². The zero-order chi connectivity index (χ0) is 25.5. The Hall–Kier alpha value is -4.03. The number of alkyl halides is 3. The van der Waals surface area contributed by atoms with E-state index in [1.165, 1.54) is 9.29 Å². The molecule has 4 heterocycles. The Morgan fingerprint density at radius 1 is 1.03 bits per heavy atom. The number of nitriles is 1. The van der Waals surface area contributed by atoms with E-state index in [0.717, 1.165) is 43.0 Å². The van der Waals surface area contributed by atoms with Gasteiger partial charge in [-0.3, -0.25) is 9.55 Å². The fraction of sp³-hybridized carbons (Fsp3) is 0.150. The van der Waals surface area contributed by atoms with Crippen molar-refractivity contribution in [3.8, 4) is 23.4 Å². The number of rotatable bonds is 5. The van der Waals surface area contributed by atoms with Crippen LogP contribution in [-0.2, 0) is 10.0 Å². The predicted octanol–water partition coefficient (Wildman–Crippen LogP) is 3.26. The van der Waals surface area contributed by atoms with E-state index in [2.05, 4.69) is 19.9 Å². The minimum absolute atomic E-state index is 0.0206. The van der Waals surface area contributed by atoms with Gasteiger partial charge in [0.2, 0.25) is 16.0 Å². The van der Waals surface area contributed by atoms with Crippen LogP contribution in [0, 0.1) is 23.0 Å². The summed E-state index contributed by atoms with van der Waals surface area (Å²) in [5.41, 5.74) is -0.140. The standard InChI is InChI=1S/C20H12F5N7O2S/c1-10(20(23,24)25)31-35(33,34)13-2-3-16(27-9-13)17-15(5-26)14-4-11(21)6-28-18(14)32(17)19-29-7-12(22)8-30-19/h2-4,6-10,31H,1H3. The van der Waals surface area contributed by atoms with Gasteiger partial charge in [-0.15, -0.1) is 0 Å². The summed E-state index contributed by atoms with van der Waals surface area (Å²) in [6.45, 7) is 0.645. The molecule has 0 radical (unpaired) electrons. The van der Waals surface area contributed by atoms with Gasteiger partial charge >= 0.3 is 6.18 Å². The summed E-state index contributed by atoms with van der Waals surface area (Å²) in [6.07, 6.45) is -1.43. The van der Waals surface area contributed by atoms with E-state index in [1.807, 2.05) is 6.07 Å². The number of aromatic nitrogens is 5. The van der Waals surface area contributed by atoms with Crippen molar-refractivity contribution in [3.05, 3.63) is 60.2 Å². The minimum Gasteiger partial charge on any atom is -0.259 e. The second kappa shape index (κ2) is 8.64. The number of hydrogen-bond donors (Lipinski definition) is 1. The maximum atomic E-state index is 13.9. The molecule has 180 valence electrons. The maximum Gasteiger partial charge on any atom is 0.404 e. The third-order valence-electron chi connectivity index (χ3n) is 4.81. The van der Waals surface area contributed by atoms with Crippen molar-refractivity contribution in [1.82, 2.24) is 29.2 Å². The van der Waals surface area contributed by atoms with Crippen molar-refractivity contribution >= 4 is 21.1 Å². The third kappa shape index (κ3) is 4.53. The molecule has 4 aromatic heterocycles. The van der Waals surface area contributed by atoms with Gasteiger partial charge in [-0.1, -0.05) is 0 Å². The van der Waals surface area contributed by atoms with Crippen LogP contribution in [0.2, 0.25) is 0 Å². The summed E-state index contributed by atoms with van der Waals surface area (Å²) in [5.74, 6) is -1.65. The van der Waals surface area contributed by atoms with E-state index in [9.17, 15) is 35.6 Å². The van der Waals surface area contributed by atoms with Gasteiger partial charge in [-0.2, -0.15) is 23.2 Å². The first-order chi connectivity index (χ1) is 16.4. The molecule has 0 saturated carbocycles. The van der Waals surface area contributed by atoms with Gasteiger partial charge < -0.3 is 0 Å². The molecule has 1 N–H and O–H groups in total. The van der Waals surface area contributed by atoms with Crippen molar-refractivity contribution in [2.24, 2.45) is 0 Å². The van der Waals surface area contributed by atoms with Crippen molar-refractivity contribution in [2.45, 2.75) is 24.0 Å². The Morgan fingerprint density at radius 2 is 1.69 bits per heavy atom. The van der Waals surface area contributed by atoms with Crippen LogP contribution >= 0.6 is 0 Å². The molecule has 35 heavy (non-hydrogen) atoms. The Balaban J connectivity index is 1.88. The molecule has 0 bridgehead atoms. The lowest BCUT2D eigenvalue weighted by Crippen LogP contribution is -2.42. The lowest BCUT2D eigenvalue weighted by atomic mass is 10.1. The number of sulfonamides is 1. The monoisotopic (exact) mass is 509 g/mol. The van der Waals surface area contributed by atoms with Crippen LogP contribution in [0.4, 0.5) is 22.0 Å². The molecule has 15 heteroatoms. The second-order valence-electron chi connectivity index (χ2n) is 7.16. The van der Waals surface area contributed by atoms with Gasteiger partial charge in [0.25, 0.3) is 0 Å². The van der Waals surface area contributed by atoms with Crippen LogP contribution in [0.15, 0.2) is 47.9 Å². The smallest absolute Gasteiger partial charge is 0.259 e. The average Bonchev–Trinajstić information content (AvgIpc) is 3.12. The molecule has 1 atom stereocenters. The second-order valence-corrected chi connectivity index (χ2v) is 8.87. The zero-order valence-electron chi connectivity index (χ0n) is 17.4. The maximum absolute atomic E-state index is 13.9. The third-order valence-corrected chi connectivity index (χ3v) is 6.33. The molecule has 0 amide bonds. The topological polar surface area (TPSA) is 126 Å². The molecule has 0 fully saturated rings. The molecule has 9 nitrogen and oxygen atoms in total. The fourth-order valence-electron chi connectivity index (χ4n) is 3.16. The molecular weight excluding hydrogens is 497 g/mol. The van der Waals surface area contributed by atoms with Gasteiger partial charge in [0.15, 0.2) is 5.82 Å². The lowest BCUT2D eigenvalue weighted by Gasteiger charge is -2.17. The molecule has 0 aliphatic rings. The summed E-state index contributed by atoms with van der Waals surface area (Å²) in [6, 6.07) is 2.70. The highest BCUT2D eigenvalue weighted by atomic mass is 32.2. The van der Waals surface area contributed by atoms with Crippen LogP contribution in [0.1, 0.15) is 12.5 Å². The number of fused-ring (bicyclic) bond motifs is 1. The first kappa shape index (κ1) is 24.1. The molecule has 0 aliphatic carbocycles. The Labute approximate surface area is 194 Å². The summed E-state index contributed by atoms with van der Waals surface area (Å²) in [7, 11) is -4.59. The van der Waals surface area contributed by atoms with E-state index >= 15 is 0 Å². The Bertz CT molecular complexity index is 1560. The Kier molecular flexibility index (Phi) is 5.95. The van der Waals surface area contributed by atoms with Gasteiger partial charge in [-0.25, -0.2) is 32.2 Å². The summed E-state index contributed by atoms with van der Waals surface area (Å²) >= 11 is 0. The number of halogens is 5. The molecule has 0 aromatic carbocycles. The van der Waals surface area contributed by atoms with Gasteiger partial charge in [0.05, 0.1) is 35.5 Å². The summed E-state index contributed by atoms with van der Waals surface area (Å²) in [4.78, 5) is 15.1. The molecule has 0 spiro atoms. The average molecular weight is 509 g/mol. The molecular formula is C20H12F5N7O2S. The van der Waals surface area contributed by atoms with Crippen molar-refractivity contribution in [1.29, 1.82) is 5.26 Å². The summed E-state index contributed by atoms with van der Waals surface area (Å²) in [5, 5.41) is 9.83. The number of nitrogens with zero attached hydrogens (tertiary/aromatic N) is 6. The van der Waals surface area contributed by atoms with Crippen LogP contribution in [0.5, 0.6) is 0 Å². The van der Waals surface area contributed by atoms with Crippen molar-refractivity contribution in [2.75, 3.05) is 0 Å². The predicted molar refractivity (Wildman–Crippen MR) is 110 cm³/mol. The highest BCUT2D eigenvalue weighted by Crippen LogP contribution is 2.34. The zero-order valence-corrected chi connectivity index (χ0v) is 18.2. The minimum atomic E-state index is -4.81. The van der Waals surface area contributed by atoms with Crippen LogP contribution in [0.25, 0.3) is 28.4 Å². The van der Waals surface area contributed by atoms with E-state index in [-0.39, 0.29) is 33.9 Å². The normalized spacial score (nSPS) is 13.1. The first-order valence-corrected chi connectivity index (χ1v) is 11.0. The molecule has 1 unspecified atom stereocenters. The first-order valence-electron chi connectivity index (χ1n) is 9.56. The van der Waals surface area contributed by atoms with Gasteiger partial charge in [-0.05, 0) is 25.1 Å². The van der Waals surface area contributed by atoms with Crippen molar-refractivity contribution in [3.63, 3.8) is 0 Å². The van der Waals surface area contributed by atoms with Gasteiger partial charge in [0, 0.05) is 11.6 Å². The molecule has 4 aromatic rings. The molecule has 4 rings (SSSR count). The molecule has 0 saturated heterocycles. The Morgan fingerprint density at radius 3 is 2.26 bits per heavy atom. The van der Waals surface area contributed by atoms with Crippen LogP contribution < -0.4 is 4.72 Å². The number of hydrogen-bond acceptors (Lipinski definition) is 7. The van der Waals surface area contributed by atoms with E-state index in [0.29, 0.717) is 6.92 Å².